The quantitative estimate of drug-likeness (QED) is 0.130. The number of ether oxygens (including phenoxy) is 2. The Hall–Kier alpha value is -7.32. The van der Waals surface area contributed by atoms with Gasteiger partial charge in [0.15, 0.2) is 5.82 Å². The highest BCUT2D eigenvalue weighted by Crippen LogP contribution is 2.40. The van der Waals surface area contributed by atoms with Crippen molar-refractivity contribution in [3.63, 3.8) is 0 Å². The fourth-order valence-electron chi connectivity index (χ4n) is 8.42. The molecule has 0 aliphatic rings. The molecule has 0 bridgehead atoms. The van der Waals surface area contributed by atoms with Gasteiger partial charge in [-0.05, 0) is 127 Å². The predicted molar refractivity (Wildman–Crippen MR) is 242 cm³/mol. The molecule has 0 saturated carbocycles. The summed E-state index contributed by atoms with van der Waals surface area (Å²) in [6.45, 7) is 9.02. The highest BCUT2D eigenvalue weighted by atomic mass is 16.5. The molecular formula is C52H44N6O2. The molecule has 0 atom stereocenters. The Balaban J connectivity index is 1.06. The number of hydrogen-bond acceptors (Lipinski definition) is 6. The van der Waals surface area contributed by atoms with Crippen molar-refractivity contribution in [1.82, 2.24) is 29.1 Å². The first-order chi connectivity index (χ1) is 29.3. The van der Waals surface area contributed by atoms with Gasteiger partial charge in [0.25, 0.3) is 0 Å². The molecule has 0 N–H and O–H groups in total. The van der Waals surface area contributed by atoms with Crippen molar-refractivity contribution in [3.8, 4) is 46.0 Å². The van der Waals surface area contributed by atoms with E-state index in [2.05, 4.69) is 107 Å². The lowest BCUT2D eigenvalue weighted by molar-refractivity contribution is 0.461. The van der Waals surface area contributed by atoms with Crippen LogP contribution in [0.15, 0.2) is 158 Å². The van der Waals surface area contributed by atoms with Gasteiger partial charge in [0.1, 0.15) is 34.6 Å². The summed E-state index contributed by atoms with van der Waals surface area (Å²) in [4.78, 5) is 18.7. The van der Waals surface area contributed by atoms with Crippen LogP contribution in [0.1, 0.15) is 38.8 Å². The number of benzene rings is 5. The third-order valence-corrected chi connectivity index (χ3v) is 10.8. The van der Waals surface area contributed by atoms with Gasteiger partial charge in [-0.25, -0.2) is 19.9 Å². The fraction of sp³-hybridized carbons (Fsp3) is 0.154. The van der Waals surface area contributed by atoms with Crippen molar-refractivity contribution in [2.24, 2.45) is 11.8 Å². The molecule has 8 heteroatoms. The number of nitrogens with zero attached hydrogens (tertiary/aromatic N) is 6. The average molecular weight is 785 g/mol. The maximum atomic E-state index is 6.73. The molecule has 294 valence electrons. The third kappa shape index (κ3) is 7.11. The van der Waals surface area contributed by atoms with Crippen LogP contribution in [0.2, 0.25) is 0 Å². The molecule has 5 aromatic carbocycles. The maximum absolute atomic E-state index is 6.73. The minimum absolute atomic E-state index is 0.557. The molecule has 10 aromatic rings. The van der Waals surface area contributed by atoms with E-state index in [0.29, 0.717) is 40.7 Å². The highest BCUT2D eigenvalue weighted by molar-refractivity contribution is 6.10. The van der Waals surface area contributed by atoms with Crippen LogP contribution in [-0.4, -0.2) is 29.1 Å². The number of rotatable bonds is 11. The molecule has 60 heavy (non-hydrogen) atoms. The maximum Gasteiger partial charge on any atom is 0.159 e. The van der Waals surface area contributed by atoms with Crippen LogP contribution in [-0.2, 0) is 12.8 Å². The van der Waals surface area contributed by atoms with Gasteiger partial charge in [0, 0.05) is 70.1 Å². The molecule has 10 rings (SSSR count). The second-order valence-corrected chi connectivity index (χ2v) is 16.3. The van der Waals surface area contributed by atoms with Crippen molar-refractivity contribution in [1.29, 1.82) is 0 Å². The Labute approximate surface area is 348 Å². The molecule has 0 saturated heterocycles. The second kappa shape index (κ2) is 15.5. The highest BCUT2D eigenvalue weighted by Gasteiger charge is 2.18. The van der Waals surface area contributed by atoms with Crippen molar-refractivity contribution >= 4 is 43.6 Å². The lowest BCUT2D eigenvalue weighted by Crippen LogP contribution is -1.97. The lowest BCUT2D eigenvalue weighted by Gasteiger charge is -2.13. The molecule has 0 aliphatic heterocycles. The molecule has 0 radical (unpaired) electrons. The minimum atomic E-state index is 0.557. The van der Waals surface area contributed by atoms with Gasteiger partial charge < -0.3 is 9.47 Å². The third-order valence-electron chi connectivity index (χ3n) is 10.8. The molecule has 8 nitrogen and oxygen atoms in total. The summed E-state index contributed by atoms with van der Waals surface area (Å²) in [6, 6.07) is 45.7. The molecule has 5 heterocycles. The van der Waals surface area contributed by atoms with E-state index in [0.717, 1.165) is 62.9 Å². The minimum Gasteiger partial charge on any atom is -0.457 e. The summed E-state index contributed by atoms with van der Waals surface area (Å²) in [6.07, 6.45) is 9.17. The Kier molecular flexibility index (Phi) is 9.53. The van der Waals surface area contributed by atoms with Gasteiger partial charge in [-0.2, -0.15) is 0 Å². The van der Waals surface area contributed by atoms with Crippen molar-refractivity contribution in [2.45, 2.75) is 40.5 Å². The molecular weight excluding hydrogens is 741 g/mol. The van der Waals surface area contributed by atoms with E-state index in [1.165, 1.54) is 21.9 Å². The van der Waals surface area contributed by atoms with Gasteiger partial charge >= 0.3 is 0 Å². The van der Waals surface area contributed by atoms with E-state index < -0.39 is 0 Å². The smallest absolute Gasteiger partial charge is 0.159 e. The van der Waals surface area contributed by atoms with Gasteiger partial charge in [0.2, 0.25) is 0 Å². The first-order valence-corrected chi connectivity index (χ1v) is 20.6. The summed E-state index contributed by atoms with van der Waals surface area (Å²) >= 11 is 0. The average Bonchev–Trinajstić information content (AvgIpc) is 3.75. The Morgan fingerprint density at radius 1 is 0.417 bits per heavy atom. The fourth-order valence-corrected chi connectivity index (χ4v) is 8.42. The standard InChI is InChI=1S/C52H44N6O2/c1-33(2)24-35-12-18-46-44(26-35)42-16-14-38(31-48(42)57(46)50-10-5-7-20-53-50)59-40-28-37(52-55-22-9-23-56-52)29-41(30-40)60-39-15-17-43-45-27-36(25-34(3)4)13-19-47(45)58(49(43)32-39)51-11-6-8-21-54-51/h5-23,26-34H,24-25H2,1-4H3. The van der Waals surface area contributed by atoms with Crippen LogP contribution >= 0.6 is 0 Å². The van der Waals surface area contributed by atoms with Crippen LogP contribution in [0.5, 0.6) is 23.0 Å². The zero-order valence-electron chi connectivity index (χ0n) is 34.1. The zero-order valence-corrected chi connectivity index (χ0v) is 34.1. The van der Waals surface area contributed by atoms with Gasteiger partial charge in [-0.1, -0.05) is 52.0 Å². The summed E-state index contributed by atoms with van der Waals surface area (Å²) in [5.74, 6) is 5.92. The monoisotopic (exact) mass is 784 g/mol. The molecule has 0 aliphatic carbocycles. The molecule has 0 fully saturated rings. The van der Waals surface area contributed by atoms with Crippen LogP contribution < -0.4 is 9.47 Å². The normalized spacial score (nSPS) is 11.8. The van der Waals surface area contributed by atoms with E-state index in [1.807, 2.05) is 85.2 Å². The van der Waals surface area contributed by atoms with Crippen molar-refractivity contribution in [3.05, 3.63) is 169 Å². The van der Waals surface area contributed by atoms with Gasteiger partial charge in [0.05, 0.1) is 22.1 Å². The van der Waals surface area contributed by atoms with Crippen LogP contribution in [0, 0.1) is 11.8 Å². The number of pyridine rings is 2. The lowest BCUT2D eigenvalue weighted by atomic mass is 10.0. The van der Waals surface area contributed by atoms with Gasteiger partial charge in [-0.15, -0.1) is 0 Å². The SMILES string of the molecule is CC(C)Cc1ccc2c(c1)c1ccc(Oc3cc(Oc4ccc5c6cc(CC(C)C)ccc6n(-c6ccccn6)c5c4)cc(-c4ncccn4)c3)cc1n2-c1ccccn1. The van der Waals surface area contributed by atoms with E-state index >= 15 is 0 Å². The van der Waals surface area contributed by atoms with Crippen molar-refractivity contribution in [2.75, 3.05) is 0 Å². The van der Waals surface area contributed by atoms with Crippen LogP contribution in [0.25, 0.3) is 66.6 Å². The molecule has 0 unspecified atom stereocenters. The Bertz CT molecular complexity index is 2960. The van der Waals surface area contributed by atoms with E-state index in [4.69, 9.17) is 19.4 Å². The largest absolute Gasteiger partial charge is 0.457 e. The van der Waals surface area contributed by atoms with E-state index in [1.54, 1.807) is 12.4 Å². The first-order valence-electron chi connectivity index (χ1n) is 20.6. The van der Waals surface area contributed by atoms with Crippen molar-refractivity contribution < 1.29 is 9.47 Å². The summed E-state index contributed by atoms with van der Waals surface area (Å²) in [5.41, 5.74) is 7.62. The number of aromatic nitrogens is 6. The number of hydrogen-bond donors (Lipinski definition) is 0. The van der Waals surface area contributed by atoms with E-state index in [9.17, 15) is 0 Å². The zero-order chi connectivity index (χ0) is 40.7. The van der Waals surface area contributed by atoms with Crippen LogP contribution in [0.4, 0.5) is 0 Å². The van der Waals surface area contributed by atoms with Crippen LogP contribution in [0.3, 0.4) is 0 Å². The molecule has 0 amide bonds. The predicted octanol–water partition coefficient (Wildman–Crippen LogP) is 13.1. The molecule has 5 aromatic heterocycles. The summed E-state index contributed by atoms with van der Waals surface area (Å²) < 4.78 is 17.9. The first kappa shape index (κ1) is 37.0. The van der Waals surface area contributed by atoms with E-state index in [-0.39, 0.29) is 0 Å². The summed E-state index contributed by atoms with van der Waals surface area (Å²) in [7, 11) is 0. The topological polar surface area (TPSA) is 79.9 Å². The van der Waals surface area contributed by atoms with Gasteiger partial charge in [-0.3, -0.25) is 9.13 Å². The Morgan fingerprint density at radius 2 is 0.900 bits per heavy atom. The second-order valence-electron chi connectivity index (χ2n) is 16.3. The summed E-state index contributed by atoms with van der Waals surface area (Å²) in [5, 5.41) is 4.65. The number of fused-ring (bicyclic) bond motifs is 6. The Morgan fingerprint density at radius 3 is 1.35 bits per heavy atom. The molecule has 0 spiro atoms.